The topological polar surface area (TPSA) is 66.4 Å². The molecule has 0 saturated carbocycles. The lowest BCUT2D eigenvalue weighted by Crippen LogP contribution is -2.42. The number of hydrogen-bond acceptors (Lipinski definition) is 4. The molecule has 19 heavy (non-hydrogen) atoms. The van der Waals surface area contributed by atoms with E-state index in [0.29, 0.717) is 12.2 Å². The van der Waals surface area contributed by atoms with Crippen molar-refractivity contribution in [1.82, 2.24) is 5.32 Å². The van der Waals surface area contributed by atoms with Crippen molar-refractivity contribution in [3.8, 4) is 0 Å². The first kappa shape index (κ1) is 15.9. The Morgan fingerprint density at radius 1 is 1.32 bits per heavy atom. The number of hydrogen-bond donors (Lipinski definition) is 2. The standard InChI is InChI=1S/C13H17NO3S2/c1-18-8-7-11(13(16)17)14-12(15)9-19-10-5-3-2-4-6-10/h2-6,11H,7-9H2,1H3,(H,14,15)(H,16,17)/t11-/m1/s1. The maximum atomic E-state index is 11.7. The molecule has 104 valence electrons. The quantitative estimate of drug-likeness (QED) is 0.720. The highest BCUT2D eigenvalue weighted by Gasteiger charge is 2.19. The molecule has 0 radical (unpaired) electrons. The van der Waals surface area contributed by atoms with Crippen molar-refractivity contribution in [2.75, 3.05) is 17.8 Å². The smallest absolute Gasteiger partial charge is 0.326 e. The number of thioether (sulfide) groups is 2. The summed E-state index contributed by atoms with van der Waals surface area (Å²) in [5, 5.41) is 11.6. The van der Waals surface area contributed by atoms with Gasteiger partial charge in [-0.25, -0.2) is 4.79 Å². The summed E-state index contributed by atoms with van der Waals surface area (Å²) in [6.07, 6.45) is 2.35. The fourth-order valence-electron chi connectivity index (χ4n) is 1.39. The van der Waals surface area contributed by atoms with Crippen molar-refractivity contribution in [2.24, 2.45) is 0 Å². The van der Waals surface area contributed by atoms with Gasteiger partial charge in [0.2, 0.25) is 5.91 Å². The van der Waals surface area contributed by atoms with E-state index >= 15 is 0 Å². The molecule has 0 aliphatic heterocycles. The van der Waals surface area contributed by atoms with Gasteiger partial charge in [0.1, 0.15) is 6.04 Å². The third kappa shape index (κ3) is 6.54. The van der Waals surface area contributed by atoms with Crippen LogP contribution in [0.4, 0.5) is 0 Å². The monoisotopic (exact) mass is 299 g/mol. The van der Waals surface area contributed by atoms with Gasteiger partial charge in [-0.1, -0.05) is 18.2 Å². The Hall–Kier alpha value is -1.14. The lowest BCUT2D eigenvalue weighted by molar-refractivity contribution is -0.141. The number of carboxylic acids is 1. The predicted octanol–water partition coefficient (Wildman–Crippen LogP) is 2.10. The highest BCUT2D eigenvalue weighted by Crippen LogP contribution is 2.16. The van der Waals surface area contributed by atoms with Crippen molar-refractivity contribution in [3.05, 3.63) is 30.3 Å². The first-order valence-corrected chi connectivity index (χ1v) is 8.20. The van der Waals surface area contributed by atoms with Crippen LogP contribution in [0.25, 0.3) is 0 Å². The molecule has 1 rings (SSSR count). The molecule has 2 N–H and O–H groups in total. The highest BCUT2D eigenvalue weighted by molar-refractivity contribution is 8.00. The van der Waals surface area contributed by atoms with E-state index in [0.717, 1.165) is 4.90 Å². The van der Waals surface area contributed by atoms with E-state index in [2.05, 4.69) is 5.32 Å². The molecule has 0 heterocycles. The molecule has 0 aromatic heterocycles. The maximum Gasteiger partial charge on any atom is 0.326 e. The molecule has 1 amide bonds. The minimum Gasteiger partial charge on any atom is -0.480 e. The van der Waals surface area contributed by atoms with Crippen LogP contribution in [-0.4, -0.2) is 40.8 Å². The fourth-order valence-corrected chi connectivity index (χ4v) is 2.60. The van der Waals surface area contributed by atoms with Crippen LogP contribution in [0.15, 0.2) is 35.2 Å². The minimum atomic E-state index is -0.980. The average molecular weight is 299 g/mol. The normalized spacial score (nSPS) is 11.8. The van der Waals surface area contributed by atoms with Crippen molar-refractivity contribution in [2.45, 2.75) is 17.4 Å². The minimum absolute atomic E-state index is 0.229. The molecule has 0 aliphatic carbocycles. The van der Waals surface area contributed by atoms with Crippen molar-refractivity contribution in [3.63, 3.8) is 0 Å². The number of carboxylic acid groups (broad SMARTS) is 1. The average Bonchev–Trinajstić information content (AvgIpc) is 2.42. The Balaban J connectivity index is 2.38. The Morgan fingerprint density at radius 3 is 2.58 bits per heavy atom. The summed E-state index contributed by atoms with van der Waals surface area (Å²) in [6.45, 7) is 0. The van der Waals surface area contributed by atoms with Gasteiger partial charge in [-0.15, -0.1) is 11.8 Å². The summed E-state index contributed by atoms with van der Waals surface area (Å²) < 4.78 is 0. The first-order valence-electron chi connectivity index (χ1n) is 5.82. The van der Waals surface area contributed by atoms with Gasteiger partial charge in [0.15, 0.2) is 0 Å². The predicted molar refractivity (Wildman–Crippen MR) is 79.7 cm³/mol. The van der Waals surface area contributed by atoms with E-state index in [4.69, 9.17) is 5.11 Å². The van der Waals surface area contributed by atoms with Crippen molar-refractivity contribution < 1.29 is 14.7 Å². The van der Waals surface area contributed by atoms with Crippen LogP contribution >= 0.6 is 23.5 Å². The third-order valence-electron chi connectivity index (χ3n) is 2.36. The summed E-state index contributed by atoms with van der Waals surface area (Å²) in [4.78, 5) is 23.7. The van der Waals surface area contributed by atoms with E-state index in [9.17, 15) is 9.59 Å². The number of nitrogens with one attached hydrogen (secondary N) is 1. The molecular formula is C13H17NO3S2. The van der Waals surface area contributed by atoms with Gasteiger partial charge in [-0.2, -0.15) is 11.8 Å². The summed E-state index contributed by atoms with van der Waals surface area (Å²) in [6, 6.07) is 8.75. The molecule has 0 fully saturated rings. The van der Waals surface area contributed by atoms with Crippen LogP contribution in [0.5, 0.6) is 0 Å². The number of rotatable bonds is 8. The Labute approximate surface area is 121 Å². The molecule has 0 aliphatic rings. The maximum absolute atomic E-state index is 11.7. The molecule has 0 unspecified atom stereocenters. The van der Waals surface area contributed by atoms with Crippen LogP contribution in [-0.2, 0) is 9.59 Å². The molecule has 6 heteroatoms. The zero-order valence-corrected chi connectivity index (χ0v) is 12.3. The van der Waals surface area contributed by atoms with Crippen LogP contribution in [0, 0.1) is 0 Å². The Bertz CT molecular complexity index is 412. The van der Waals surface area contributed by atoms with E-state index < -0.39 is 12.0 Å². The molecule has 1 aromatic rings. The zero-order valence-electron chi connectivity index (χ0n) is 10.7. The SMILES string of the molecule is CSCC[C@@H](NC(=O)CSc1ccccc1)C(=O)O. The summed E-state index contributed by atoms with van der Waals surface area (Å²) in [7, 11) is 0. The van der Waals surface area contributed by atoms with Gasteiger partial charge in [0.05, 0.1) is 5.75 Å². The van der Waals surface area contributed by atoms with Crippen LogP contribution in [0.3, 0.4) is 0 Å². The first-order chi connectivity index (χ1) is 9.13. The Kier molecular flexibility index (Phi) is 7.43. The molecule has 4 nitrogen and oxygen atoms in total. The second kappa shape index (κ2) is 8.87. The molecule has 0 saturated heterocycles. The van der Waals surface area contributed by atoms with E-state index in [-0.39, 0.29) is 11.7 Å². The second-order valence-electron chi connectivity index (χ2n) is 3.84. The van der Waals surface area contributed by atoms with Gasteiger partial charge >= 0.3 is 5.97 Å². The number of benzene rings is 1. The van der Waals surface area contributed by atoms with E-state index in [1.807, 2.05) is 36.6 Å². The lowest BCUT2D eigenvalue weighted by Gasteiger charge is -2.13. The van der Waals surface area contributed by atoms with Crippen molar-refractivity contribution >= 4 is 35.4 Å². The number of aliphatic carboxylic acids is 1. The van der Waals surface area contributed by atoms with Crippen LogP contribution in [0.1, 0.15) is 6.42 Å². The number of amides is 1. The van der Waals surface area contributed by atoms with Gasteiger partial charge in [-0.05, 0) is 30.6 Å². The Morgan fingerprint density at radius 2 is 2.00 bits per heavy atom. The van der Waals surface area contributed by atoms with E-state index in [1.54, 1.807) is 11.8 Å². The van der Waals surface area contributed by atoms with Crippen LogP contribution < -0.4 is 5.32 Å². The van der Waals surface area contributed by atoms with Gasteiger partial charge < -0.3 is 10.4 Å². The molecule has 1 aromatic carbocycles. The van der Waals surface area contributed by atoms with Gasteiger partial charge in [-0.3, -0.25) is 4.79 Å². The third-order valence-corrected chi connectivity index (χ3v) is 4.01. The summed E-state index contributed by atoms with van der Waals surface area (Å²) in [5.41, 5.74) is 0. The molecule has 1 atom stereocenters. The van der Waals surface area contributed by atoms with Crippen LogP contribution in [0.2, 0.25) is 0 Å². The van der Waals surface area contributed by atoms with Crippen molar-refractivity contribution in [1.29, 1.82) is 0 Å². The number of carbonyl (C=O) groups excluding carboxylic acids is 1. The highest BCUT2D eigenvalue weighted by atomic mass is 32.2. The van der Waals surface area contributed by atoms with E-state index in [1.165, 1.54) is 11.8 Å². The van der Waals surface area contributed by atoms with Gasteiger partial charge in [0.25, 0.3) is 0 Å². The fraction of sp³-hybridized carbons (Fsp3) is 0.385. The van der Waals surface area contributed by atoms with Gasteiger partial charge in [0, 0.05) is 4.90 Å². The number of carbonyl (C=O) groups is 2. The summed E-state index contributed by atoms with van der Waals surface area (Å²) >= 11 is 2.96. The summed E-state index contributed by atoms with van der Waals surface area (Å²) in [5.74, 6) is -0.287. The largest absolute Gasteiger partial charge is 0.480 e. The molecule has 0 bridgehead atoms. The second-order valence-corrected chi connectivity index (χ2v) is 5.88. The lowest BCUT2D eigenvalue weighted by atomic mass is 10.2. The zero-order chi connectivity index (χ0) is 14.1. The molecule has 0 spiro atoms. The molecular weight excluding hydrogens is 282 g/mol.